The highest BCUT2D eigenvalue weighted by Gasteiger charge is 2.29. The molecular weight excluding hydrogens is 240 g/mol. The van der Waals surface area contributed by atoms with E-state index in [1.165, 1.54) is 0 Å². The quantitative estimate of drug-likeness (QED) is 0.816. The number of anilines is 1. The van der Waals surface area contributed by atoms with Crippen LogP contribution in [0.25, 0.3) is 0 Å². The molecule has 0 fully saturated rings. The zero-order chi connectivity index (χ0) is 13.4. The summed E-state index contributed by atoms with van der Waals surface area (Å²) in [6, 6.07) is 10.1. The molecule has 0 unspecified atom stereocenters. The second-order valence-corrected chi connectivity index (χ2v) is 4.87. The minimum Gasteiger partial charge on any atom is -0.340 e. The van der Waals surface area contributed by atoms with Gasteiger partial charge in [0.15, 0.2) is 11.5 Å². The molecule has 19 heavy (non-hydrogen) atoms. The van der Waals surface area contributed by atoms with E-state index in [1.54, 1.807) is 11.2 Å². The van der Waals surface area contributed by atoms with E-state index >= 15 is 0 Å². The zero-order valence-electron chi connectivity index (χ0n) is 11.1. The number of amides is 1. The summed E-state index contributed by atoms with van der Waals surface area (Å²) in [4.78, 5) is 20.3. The average Bonchev–Trinajstić information content (AvgIpc) is 2.82. The number of benzene rings is 1. The molecule has 5 nitrogen and oxygen atoms in total. The molecule has 1 aliphatic heterocycles. The van der Waals surface area contributed by atoms with E-state index in [4.69, 9.17) is 0 Å². The van der Waals surface area contributed by atoms with Crippen LogP contribution in [0.3, 0.4) is 0 Å². The second kappa shape index (κ2) is 4.42. The number of fused-ring (bicyclic) bond motifs is 1. The van der Waals surface area contributed by atoms with Crippen molar-refractivity contribution < 1.29 is 4.79 Å². The van der Waals surface area contributed by atoms with Crippen molar-refractivity contribution in [2.75, 3.05) is 25.7 Å². The number of hydrogen-bond donors (Lipinski definition) is 0. The second-order valence-electron chi connectivity index (χ2n) is 4.87. The molecule has 1 amide bonds. The summed E-state index contributed by atoms with van der Waals surface area (Å²) in [6.07, 6.45) is 1.74. The van der Waals surface area contributed by atoms with Crippen molar-refractivity contribution in [2.45, 2.75) is 6.54 Å². The Kier molecular flexibility index (Phi) is 2.74. The Morgan fingerprint density at radius 3 is 2.63 bits per heavy atom. The van der Waals surface area contributed by atoms with Gasteiger partial charge in [-0.15, -0.1) is 0 Å². The molecule has 0 saturated carbocycles. The van der Waals surface area contributed by atoms with Crippen molar-refractivity contribution in [3.8, 4) is 0 Å². The average molecular weight is 256 g/mol. The Morgan fingerprint density at radius 2 is 1.89 bits per heavy atom. The first-order chi connectivity index (χ1) is 9.16. The fourth-order valence-corrected chi connectivity index (χ4v) is 2.40. The first kappa shape index (κ1) is 11.8. The van der Waals surface area contributed by atoms with Gasteiger partial charge in [0.1, 0.15) is 0 Å². The van der Waals surface area contributed by atoms with Gasteiger partial charge >= 0.3 is 0 Å². The molecule has 5 heteroatoms. The van der Waals surface area contributed by atoms with E-state index in [-0.39, 0.29) is 5.91 Å². The number of imidazole rings is 1. The summed E-state index contributed by atoms with van der Waals surface area (Å²) in [5, 5.41) is 0. The molecule has 0 radical (unpaired) electrons. The van der Waals surface area contributed by atoms with Crippen LogP contribution in [0.4, 0.5) is 5.82 Å². The molecule has 0 saturated heterocycles. The lowest BCUT2D eigenvalue weighted by molar-refractivity contribution is 0.0774. The van der Waals surface area contributed by atoms with Crippen LogP contribution in [0.15, 0.2) is 36.7 Å². The Morgan fingerprint density at radius 1 is 1.16 bits per heavy atom. The highest BCUT2D eigenvalue weighted by molar-refractivity contribution is 5.99. The van der Waals surface area contributed by atoms with Crippen LogP contribution in [-0.2, 0) is 6.54 Å². The van der Waals surface area contributed by atoms with E-state index < -0.39 is 0 Å². The normalized spacial score (nSPS) is 14.7. The molecule has 0 aliphatic carbocycles. The van der Waals surface area contributed by atoms with Crippen molar-refractivity contribution in [1.82, 2.24) is 14.5 Å². The van der Waals surface area contributed by atoms with Crippen molar-refractivity contribution in [2.24, 2.45) is 0 Å². The molecule has 0 bridgehead atoms. The molecular formula is C14H16N4O. The molecule has 0 atom stereocenters. The van der Waals surface area contributed by atoms with Gasteiger partial charge in [0.2, 0.25) is 0 Å². The summed E-state index contributed by atoms with van der Waals surface area (Å²) < 4.78 is 1.92. The van der Waals surface area contributed by atoms with Gasteiger partial charge in [-0.1, -0.05) is 30.3 Å². The van der Waals surface area contributed by atoms with Gasteiger partial charge in [0, 0.05) is 20.6 Å². The lowest BCUT2D eigenvalue weighted by Gasteiger charge is -2.31. The monoisotopic (exact) mass is 256 g/mol. The Balaban J connectivity index is 1.99. The van der Waals surface area contributed by atoms with E-state index in [0.29, 0.717) is 18.9 Å². The summed E-state index contributed by atoms with van der Waals surface area (Å²) in [7, 11) is 3.75. The van der Waals surface area contributed by atoms with E-state index in [9.17, 15) is 4.79 Å². The standard InChI is InChI=1S/C14H16N4O/c1-16-10-17(2)14(19)12-13(16)15-9-18(12)8-11-6-4-3-5-7-11/h3-7,9H,8,10H2,1-2H3. The highest BCUT2D eigenvalue weighted by atomic mass is 16.2. The SMILES string of the molecule is CN1CN(C)c2ncn(Cc3ccccc3)c2C1=O. The van der Waals surface area contributed by atoms with Crippen LogP contribution >= 0.6 is 0 Å². The maximum atomic E-state index is 12.3. The molecule has 98 valence electrons. The summed E-state index contributed by atoms with van der Waals surface area (Å²) in [5.41, 5.74) is 1.83. The van der Waals surface area contributed by atoms with Gasteiger partial charge in [-0.2, -0.15) is 0 Å². The number of carbonyl (C=O) groups is 1. The summed E-state index contributed by atoms with van der Waals surface area (Å²) in [6.45, 7) is 1.24. The highest BCUT2D eigenvalue weighted by Crippen LogP contribution is 2.24. The van der Waals surface area contributed by atoms with Crippen LogP contribution in [0.2, 0.25) is 0 Å². The van der Waals surface area contributed by atoms with Crippen LogP contribution < -0.4 is 4.90 Å². The van der Waals surface area contributed by atoms with Crippen LogP contribution in [0.5, 0.6) is 0 Å². The van der Waals surface area contributed by atoms with E-state index in [1.807, 2.05) is 53.9 Å². The maximum absolute atomic E-state index is 12.3. The van der Waals surface area contributed by atoms with Gasteiger partial charge < -0.3 is 14.4 Å². The molecule has 0 spiro atoms. The zero-order valence-corrected chi connectivity index (χ0v) is 11.1. The molecule has 1 aromatic carbocycles. The van der Waals surface area contributed by atoms with Gasteiger partial charge in [-0.05, 0) is 5.56 Å². The van der Waals surface area contributed by atoms with Gasteiger partial charge in [-0.3, -0.25) is 4.79 Å². The largest absolute Gasteiger partial charge is 0.340 e. The predicted octanol–water partition coefficient (Wildman–Crippen LogP) is 1.41. The number of carbonyl (C=O) groups excluding carboxylic acids is 1. The van der Waals surface area contributed by atoms with E-state index in [2.05, 4.69) is 4.98 Å². The van der Waals surface area contributed by atoms with Gasteiger partial charge in [0.25, 0.3) is 5.91 Å². The van der Waals surface area contributed by atoms with Crippen molar-refractivity contribution >= 4 is 11.7 Å². The third-order valence-electron chi connectivity index (χ3n) is 3.35. The number of hydrogen-bond acceptors (Lipinski definition) is 3. The fourth-order valence-electron chi connectivity index (χ4n) is 2.40. The van der Waals surface area contributed by atoms with Gasteiger partial charge in [0.05, 0.1) is 13.0 Å². The van der Waals surface area contributed by atoms with Gasteiger partial charge in [-0.25, -0.2) is 4.98 Å². The van der Waals surface area contributed by atoms with E-state index in [0.717, 1.165) is 11.4 Å². The molecule has 3 rings (SSSR count). The first-order valence-corrected chi connectivity index (χ1v) is 6.22. The minimum atomic E-state index is 0.0292. The Labute approximate surface area is 112 Å². The van der Waals surface area contributed by atoms with Crippen LogP contribution in [0.1, 0.15) is 16.1 Å². The maximum Gasteiger partial charge on any atom is 0.275 e. The first-order valence-electron chi connectivity index (χ1n) is 6.22. The topological polar surface area (TPSA) is 41.4 Å². The third kappa shape index (κ3) is 1.97. The fraction of sp³-hybridized carbons (Fsp3) is 0.286. The predicted molar refractivity (Wildman–Crippen MR) is 73.1 cm³/mol. The smallest absolute Gasteiger partial charge is 0.275 e. The van der Waals surface area contributed by atoms with Crippen molar-refractivity contribution in [3.63, 3.8) is 0 Å². The molecule has 0 N–H and O–H groups in total. The summed E-state index contributed by atoms with van der Waals surface area (Å²) >= 11 is 0. The molecule has 2 aromatic rings. The van der Waals surface area contributed by atoms with Crippen LogP contribution in [-0.4, -0.2) is 41.1 Å². The number of nitrogens with zero attached hydrogens (tertiary/aromatic N) is 4. The number of rotatable bonds is 2. The molecule has 1 aromatic heterocycles. The lowest BCUT2D eigenvalue weighted by Crippen LogP contribution is -2.43. The Hall–Kier alpha value is -2.30. The third-order valence-corrected chi connectivity index (χ3v) is 3.35. The van der Waals surface area contributed by atoms with Crippen LogP contribution in [0, 0.1) is 0 Å². The van der Waals surface area contributed by atoms with Crippen molar-refractivity contribution in [1.29, 1.82) is 0 Å². The molecule has 1 aliphatic rings. The Bertz CT molecular complexity index is 605. The lowest BCUT2D eigenvalue weighted by atomic mass is 10.2. The number of aromatic nitrogens is 2. The summed E-state index contributed by atoms with van der Waals surface area (Å²) in [5.74, 6) is 0.792. The molecule has 2 heterocycles. The van der Waals surface area contributed by atoms with Crippen molar-refractivity contribution in [3.05, 3.63) is 47.9 Å². The minimum absolute atomic E-state index is 0.0292.